The number of aliphatic hydroxyl groups is 1. The quantitative estimate of drug-likeness (QED) is 0.917. The number of benzene rings is 1. The van der Waals surface area contributed by atoms with E-state index in [1.807, 2.05) is 24.3 Å². The van der Waals surface area contributed by atoms with Crippen molar-refractivity contribution < 1.29 is 14.6 Å². The Kier molecular flexibility index (Phi) is 5.02. The van der Waals surface area contributed by atoms with Crippen LogP contribution in [-0.4, -0.2) is 48.5 Å². The van der Waals surface area contributed by atoms with Gasteiger partial charge in [-0.05, 0) is 38.5 Å². The first kappa shape index (κ1) is 15.3. The van der Waals surface area contributed by atoms with Gasteiger partial charge in [-0.2, -0.15) is 0 Å². The summed E-state index contributed by atoms with van der Waals surface area (Å²) in [4.78, 5) is 2.30. The number of aliphatic hydroxyl groups excluding tert-OH is 1. The molecule has 0 radical (unpaired) electrons. The Labute approximate surface area is 121 Å². The minimum absolute atomic E-state index is 0.0668. The van der Waals surface area contributed by atoms with Gasteiger partial charge >= 0.3 is 0 Å². The third-order valence-corrected chi connectivity index (χ3v) is 3.94. The molecule has 1 aromatic carbocycles. The van der Waals surface area contributed by atoms with Gasteiger partial charge in [0, 0.05) is 19.1 Å². The van der Waals surface area contributed by atoms with E-state index in [2.05, 4.69) is 25.7 Å². The Morgan fingerprint density at radius 1 is 1.20 bits per heavy atom. The second kappa shape index (κ2) is 6.57. The molecular weight excluding hydrogens is 254 g/mol. The first-order chi connectivity index (χ1) is 9.51. The molecule has 0 spiro atoms. The van der Waals surface area contributed by atoms with Crippen molar-refractivity contribution in [2.75, 3.05) is 20.2 Å². The molecule has 112 valence electrons. The highest BCUT2D eigenvalue weighted by Gasteiger charge is 2.29. The summed E-state index contributed by atoms with van der Waals surface area (Å²) >= 11 is 0. The maximum absolute atomic E-state index is 10.6. The van der Waals surface area contributed by atoms with Crippen LogP contribution in [-0.2, 0) is 4.74 Å². The highest BCUT2D eigenvalue weighted by Crippen LogP contribution is 2.25. The van der Waals surface area contributed by atoms with Gasteiger partial charge in [0.05, 0.1) is 25.4 Å². The maximum atomic E-state index is 10.6. The van der Waals surface area contributed by atoms with E-state index in [1.165, 1.54) is 0 Å². The molecule has 0 saturated carbocycles. The molecule has 4 heteroatoms. The van der Waals surface area contributed by atoms with Crippen molar-refractivity contribution in [3.8, 4) is 5.75 Å². The van der Waals surface area contributed by atoms with Gasteiger partial charge in [0.15, 0.2) is 0 Å². The zero-order valence-electron chi connectivity index (χ0n) is 12.7. The molecule has 1 saturated heterocycles. The van der Waals surface area contributed by atoms with Crippen molar-refractivity contribution in [2.24, 2.45) is 0 Å². The van der Waals surface area contributed by atoms with E-state index in [-0.39, 0.29) is 18.2 Å². The minimum atomic E-state index is -0.501. The van der Waals surface area contributed by atoms with Crippen LogP contribution in [0.15, 0.2) is 24.3 Å². The average Bonchev–Trinajstić information content (AvgIpc) is 2.45. The Morgan fingerprint density at radius 3 is 2.25 bits per heavy atom. The summed E-state index contributed by atoms with van der Waals surface area (Å²) in [6.45, 7) is 7.95. The van der Waals surface area contributed by atoms with Crippen LogP contribution >= 0.6 is 0 Å². The smallest absolute Gasteiger partial charge is 0.118 e. The number of methoxy groups -OCH3 is 1. The highest BCUT2D eigenvalue weighted by molar-refractivity contribution is 5.29. The van der Waals surface area contributed by atoms with E-state index in [1.54, 1.807) is 7.11 Å². The summed E-state index contributed by atoms with van der Waals surface area (Å²) in [7, 11) is 1.64. The van der Waals surface area contributed by atoms with Crippen LogP contribution in [0.1, 0.15) is 32.4 Å². The third kappa shape index (κ3) is 3.51. The molecule has 20 heavy (non-hydrogen) atoms. The lowest BCUT2D eigenvalue weighted by Gasteiger charge is -2.40. The monoisotopic (exact) mass is 279 g/mol. The molecule has 1 N–H and O–H groups in total. The number of morpholine rings is 1. The van der Waals surface area contributed by atoms with Crippen LogP contribution in [0.4, 0.5) is 0 Å². The van der Waals surface area contributed by atoms with Gasteiger partial charge in [-0.1, -0.05) is 12.1 Å². The average molecular weight is 279 g/mol. The van der Waals surface area contributed by atoms with E-state index in [0.717, 1.165) is 24.4 Å². The van der Waals surface area contributed by atoms with Crippen LogP contribution in [0.5, 0.6) is 5.75 Å². The van der Waals surface area contributed by atoms with E-state index in [4.69, 9.17) is 9.47 Å². The molecular formula is C16H25NO3. The number of hydrogen-bond donors (Lipinski definition) is 1. The Bertz CT molecular complexity index is 410. The lowest BCUT2D eigenvalue weighted by Crippen LogP contribution is -2.50. The largest absolute Gasteiger partial charge is 0.497 e. The second-order valence-corrected chi connectivity index (χ2v) is 5.67. The Morgan fingerprint density at radius 2 is 1.75 bits per heavy atom. The SMILES string of the molecule is COc1ccc(C(O)C(C)N2C[C@@H](C)O[C@@H](C)C2)cc1. The maximum Gasteiger partial charge on any atom is 0.118 e. The summed E-state index contributed by atoms with van der Waals surface area (Å²) in [6, 6.07) is 7.68. The fourth-order valence-corrected chi connectivity index (χ4v) is 2.83. The lowest BCUT2D eigenvalue weighted by molar-refractivity contribution is -0.0931. The first-order valence-electron chi connectivity index (χ1n) is 7.22. The van der Waals surface area contributed by atoms with Gasteiger partial charge in [0.2, 0.25) is 0 Å². The molecule has 1 fully saturated rings. The van der Waals surface area contributed by atoms with Crippen molar-refractivity contribution in [2.45, 2.75) is 45.1 Å². The van der Waals surface area contributed by atoms with Gasteiger partial charge in [-0.15, -0.1) is 0 Å². The molecule has 4 nitrogen and oxygen atoms in total. The number of hydrogen-bond acceptors (Lipinski definition) is 4. The molecule has 0 bridgehead atoms. The fourth-order valence-electron chi connectivity index (χ4n) is 2.83. The highest BCUT2D eigenvalue weighted by atomic mass is 16.5. The third-order valence-electron chi connectivity index (χ3n) is 3.94. The van der Waals surface area contributed by atoms with Gasteiger partial charge in [-0.3, -0.25) is 4.90 Å². The van der Waals surface area contributed by atoms with Crippen molar-refractivity contribution in [1.29, 1.82) is 0 Å². The summed E-state index contributed by atoms with van der Waals surface area (Å²) in [5.74, 6) is 0.808. The molecule has 1 heterocycles. The van der Waals surface area contributed by atoms with E-state index in [0.29, 0.717) is 0 Å². The molecule has 2 unspecified atom stereocenters. The first-order valence-corrected chi connectivity index (χ1v) is 7.22. The molecule has 0 aromatic heterocycles. The predicted molar refractivity (Wildman–Crippen MR) is 79.0 cm³/mol. The minimum Gasteiger partial charge on any atom is -0.497 e. The molecule has 0 amide bonds. The van der Waals surface area contributed by atoms with Gasteiger partial charge < -0.3 is 14.6 Å². The number of nitrogens with zero attached hydrogens (tertiary/aromatic N) is 1. The number of ether oxygens (including phenoxy) is 2. The molecule has 0 aliphatic carbocycles. The van der Waals surface area contributed by atoms with Crippen LogP contribution < -0.4 is 4.74 Å². The van der Waals surface area contributed by atoms with Crippen molar-refractivity contribution >= 4 is 0 Å². The van der Waals surface area contributed by atoms with E-state index < -0.39 is 6.10 Å². The Hall–Kier alpha value is -1.10. The van der Waals surface area contributed by atoms with Crippen molar-refractivity contribution in [3.63, 3.8) is 0 Å². The van der Waals surface area contributed by atoms with Crippen LogP contribution in [0.3, 0.4) is 0 Å². The van der Waals surface area contributed by atoms with Crippen molar-refractivity contribution in [3.05, 3.63) is 29.8 Å². The Balaban J connectivity index is 2.04. The van der Waals surface area contributed by atoms with Crippen LogP contribution in [0.25, 0.3) is 0 Å². The molecule has 1 aliphatic rings. The zero-order chi connectivity index (χ0) is 14.7. The van der Waals surface area contributed by atoms with Gasteiger partial charge in [0.1, 0.15) is 5.75 Å². The van der Waals surface area contributed by atoms with Gasteiger partial charge in [0.25, 0.3) is 0 Å². The van der Waals surface area contributed by atoms with E-state index in [9.17, 15) is 5.11 Å². The summed E-state index contributed by atoms with van der Waals surface area (Å²) < 4.78 is 10.9. The normalized spacial score (nSPS) is 27.1. The van der Waals surface area contributed by atoms with Crippen molar-refractivity contribution in [1.82, 2.24) is 4.90 Å². The predicted octanol–water partition coefficient (Wildman–Crippen LogP) is 2.23. The second-order valence-electron chi connectivity index (χ2n) is 5.67. The topological polar surface area (TPSA) is 41.9 Å². The fraction of sp³-hybridized carbons (Fsp3) is 0.625. The molecule has 1 aromatic rings. The lowest BCUT2D eigenvalue weighted by atomic mass is 10.0. The molecule has 1 aliphatic heterocycles. The summed E-state index contributed by atoms with van der Waals surface area (Å²) in [6.07, 6.45) is -0.0769. The van der Waals surface area contributed by atoms with Gasteiger partial charge in [-0.25, -0.2) is 0 Å². The molecule has 2 rings (SSSR count). The van der Waals surface area contributed by atoms with Crippen LogP contribution in [0.2, 0.25) is 0 Å². The van der Waals surface area contributed by atoms with E-state index >= 15 is 0 Å². The van der Waals surface area contributed by atoms with Crippen LogP contribution in [0, 0.1) is 0 Å². The molecule has 4 atom stereocenters. The summed E-state index contributed by atoms with van der Waals surface area (Å²) in [5, 5.41) is 10.6. The standard InChI is InChI=1S/C16H25NO3/c1-11-9-17(10-12(2)20-11)13(3)16(18)14-5-7-15(19-4)8-6-14/h5-8,11-13,16,18H,9-10H2,1-4H3/t11-,12+,13?,16?. The zero-order valence-corrected chi connectivity index (χ0v) is 12.7. The number of rotatable bonds is 4. The summed E-state index contributed by atoms with van der Waals surface area (Å²) in [5.41, 5.74) is 0.921.